The molecule has 0 bridgehead atoms. The fourth-order valence-electron chi connectivity index (χ4n) is 5.48. The molecule has 0 aliphatic heterocycles. The highest BCUT2D eigenvalue weighted by molar-refractivity contribution is 6.30. The number of hydrogen-bond donors (Lipinski definition) is 1. The number of carboxylic acids is 1. The molecule has 1 aliphatic rings. The number of rotatable bonds is 6. The van der Waals surface area contributed by atoms with E-state index in [-0.39, 0.29) is 11.5 Å². The molecule has 6 heteroatoms. The molecule has 4 aromatic rings. The Morgan fingerprint density at radius 1 is 1.00 bits per heavy atom. The zero-order valence-corrected chi connectivity index (χ0v) is 19.8. The van der Waals surface area contributed by atoms with Crippen molar-refractivity contribution in [1.82, 2.24) is 9.78 Å². The van der Waals surface area contributed by atoms with Crippen molar-refractivity contribution >= 4 is 28.5 Å². The summed E-state index contributed by atoms with van der Waals surface area (Å²) >= 11 is 6.19. The number of carboxylic acid groups (broad SMARTS) is 1. The van der Waals surface area contributed by atoms with Gasteiger partial charge in [-0.25, -0.2) is 9.48 Å². The number of methoxy groups -OCH3 is 1. The molecule has 1 heterocycles. The second-order valence-electron chi connectivity index (χ2n) is 8.91. The van der Waals surface area contributed by atoms with Gasteiger partial charge in [0.25, 0.3) is 0 Å². The highest BCUT2D eigenvalue weighted by Crippen LogP contribution is 2.49. The van der Waals surface area contributed by atoms with Crippen LogP contribution in [0.3, 0.4) is 0 Å². The van der Waals surface area contributed by atoms with Gasteiger partial charge in [0, 0.05) is 17.5 Å². The maximum Gasteiger partial charge on any atom is 0.335 e. The minimum absolute atomic E-state index is 0.216. The Labute approximate surface area is 203 Å². The fraction of sp³-hybridized carbons (Fsp3) is 0.286. The summed E-state index contributed by atoms with van der Waals surface area (Å²) in [6.07, 6.45) is 5.53. The second-order valence-corrected chi connectivity index (χ2v) is 9.35. The number of aromatic nitrogens is 2. The van der Waals surface area contributed by atoms with E-state index in [0.29, 0.717) is 5.02 Å². The zero-order valence-electron chi connectivity index (χ0n) is 19.1. The predicted octanol–water partition coefficient (Wildman–Crippen LogP) is 6.85. The summed E-state index contributed by atoms with van der Waals surface area (Å²) in [7, 11) is 1.76. The third-order valence-corrected chi connectivity index (χ3v) is 7.32. The van der Waals surface area contributed by atoms with Gasteiger partial charge in [0.05, 0.1) is 22.5 Å². The molecule has 0 spiro atoms. The van der Waals surface area contributed by atoms with Crippen molar-refractivity contribution in [3.05, 3.63) is 94.6 Å². The average molecular weight is 475 g/mol. The van der Waals surface area contributed by atoms with Gasteiger partial charge in [-0.1, -0.05) is 61.2 Å². The molecule has 1 saturated carbocycles. The van der Waals surface area contributed by atoms with E-state index in [0.717, 1.165) is 53.5 Å². The van der Waals surface area contributed by atoms with Crippen LogP contribution >= 0.6 is 11.6 Å². The van der Waals surface area contributed by atoms with Gasteiger partial charge >= 0.3 is 5.97 Å². The summed E-state index contributed by atoms with van der Waals surface area (Å²) in [6, 6.07) is 22.9. The lowest BCUT2D eigenvalue weighted by atomic mass is 9.70. The standard InChI is InChI=1S/C28H27ClN2O3/c1-34-28(20-7-3-2-4-8-20,21-13-11-19(12-14-21)27(32)33)26-24-9-5-6-10-25(24)30-31(26)23-17-15-22(29)16-18-23/h5-6,9-18,20H,2-4,7-8H2,1H3,(H,32,33). The van der Waals surface area contributed by atoms with Crippen LogP contribution in [0.1, 0.15) is 53.7 Å². The highest BCUT2D eigenvalue weighted by Gasteiger charge is 2.46. The van der Waals surface area contributed by atoms with Gasteiger partial charge in [-0.3, -0.25) is 0 Å². The van der Waals surface area contributed by atoms with Crippen molar-refractivity contribution in [2.45, 2.75) is 37.7 Å². The van der Waals surface area contributed by atoms with E-state index in [2.05, 4.69) is 6.07 Å². The van der Waals surface area contributed by atoms with Crippen molar-refractivity contribution in [2.75, 3.05) is 7.11 Å². The maximum atomic E-state index is 11.5. The normalized spacial score (nSPS) is 16.4. The van der Waals surface area contributed by atoms with E-state index in [1.165, 1.54) is 6.42 Å². The molecule has 34 heavy (non-hydrogen) atoms. The van der Waals surface area contributed by atoms with Gasteiger partial charge < -0.3 is 9.84 Å². The lowest BCUT2D eigenvalue weighted by molar-refractivity contribution is -0.0458. The first-order valence-corrected chi connectivity index (χ1v) is 12.1. The average Bonchev–Trinajstić information content (AvgIpc) is 3.26. The Morgan fingerprint density at radius 2 is 1.68 bits per heavy atom. The molecule has 3 aromatic carbocycles. The lowest BCUT2D eigenvalue weighted by Crippen LogP contribution is -2.41. The monoisotopic (exact) mass is 474 g/mol. The first-order valence-electron chi connectivity index (χ1n) is 11.7. The quantitative estimate of drug-likeness (QED) is 0.332. The fourth-order valence-corrected chi connectivity index (χ4v) is 5.60. The Balaban J connectivity index is 1.82. The van der Waals surface area contributed by atoms with Crippen LogP contribution in [0.2, 0.25) is 5.02 Å². The number of halogens is 1. The molecule has 5 rings (SSSR count). The Morgan fingerprint density at radius 3 is 2.32 bits per heavy atom. The summed E-state index contributed by atoms with van der Waals surface area (Å²) < 4.78 is 8.54. The molecule has 1 unspecified atom stereocenters. The first kappa shape index (κ1) is 22.6. The van der Waals surface area contributed by atoms with Crippen LogP contribution in [0, 0.1) is 5.92 Å². The molecule has 1 aromatic heterocycles. The molecule has 0 radical (unpaired) electrons. The van der Waals surface area contributed by atoms with E-state index in [9.17, 15) is 9.90 Å². The molecule has 1 fully saturated rings. The largest absolute Gasteiger partial charge is 0.478 e. The predicted molar refractivity (Wildman–Crippen MR) is 134 cm³/mol. The van der Waals surface area contributed by atoms with Crippen molar-refractivity contribution in [1.29, 1.82) is 0 Å². The van der Waals surface area contributed by atoms with E-state index >= 15 is 0 Å². The summed E-state index contributed by atoms with van der Waals surface area (Å²) in [4.78, 5) is 11.5. The topological polar surface area (TPSA) is 64.3 Å². The van der Waals surface area contributed by atoms with Crippen molar-refractivity contribution in [2.24, 2.45) is 5.92 Å². The van der Waals surface area contributed by atoms with Crippen LogP contribution in [0.4, 0.5) is 0 Å². The van der Waals surface area contributed by atoms with E-state index < -0.39 is 11.6 Å². The number of aromatic carboxylic acids is 1. The van der Waals surface area contributed by atoms with Gasteiger partial charge in [0.1, 0.15) is 5.60 Å². The Kier molecular flexibility index (Phi) is 6.15. The molecule has 1 N–H and O–H groups in total. The summed E-state index contributed by atoms with van der Waals surface area (Å²) in [5.41, 5.74) is 3.14. The van der Waals surface area contributed by atoms with Gasteiger partial charge in [-0.05, 0) is 66.8 Å². The van der Waals surface area contributed by atoms with Crippen LogP contribution in [0.25, 0.3) is 16.6 Å². The summed E-state index contributed by atoms with van der Waals surface area (Å²) in [6.45, 7) is 0. The van der Waals surface area contributed by atoms with E-state index in [1.54, 1.807) is 19.2 Å². The molecule has 5 nitrogen and oxygen atoms in total. The Bertz CT molecular complexity index is 1310. The number of carbonyl (C=O) groups is 1. The SMILES string of the molecule is COC(c1ccc(C(=O)O)cc1)(c1c2ccccc2nn1-c1ccc(Cl)cc1)C1CCCCC1. The third kappa shape index (κ3) is 3.79. The van der Waals surface area contributed by atoms with Crippen LogP contribution in [0.15, 0.2) is 72.8 Å². The molecule has 0 saturated heterocycles. The number of fused-ring (bicyclic) bond motifs is 1. The van der Waals surface area contributed by atoms with Gasteiger partial charge in [-0.2, -0.15) is 5.10 Å². The summed E-state index contributed by atoms with van der Waals surface area (Å²) in [5, 5.41) is 16.1. The zero-order chi connectivity index (χ0) is 23.7. The maximum absolute atomic E-state index is 11.5. The molecule has 1 aliphatic carbocycles. The molecule has 0 amide bonds. The van der Waals surface area contributed by atoms with Crippen LogP contribution in [-0.2, 0) is 10.3 Å². The first-order chi connectivity index (χ1) is 16.5. The number of nitrogens with zero attached hydrogens (tertiary/aromatic N) is 2. The van der Waals surface area contributed by atoms with Gasteiger partial charge in [0.15, 0.2) is 0 Å². The number of benzene rings is 3. The van der Waals surface area contributed by atoms with Crippen molar-refractivity contribution < 1.29 is 14.6 Å². The summed E-state index contributed by atoms with van der Waals surface area (Å²) in [5.74, 6) is -0.725. The molecule has 1 atom stereocenters. The van der Waals surface area contributed by atoms with E-state index in [4.69, 9.17) is 21.4 Å². The lowest BCUT2D eigenvalue weighted by Gasteiger charge is -2.42. The smallest absolute Gasteiger partial charge is 0.335 e. The van der Waals surface area contributed by atoms with Crippen molar-refractivity contribution in [3.63, 3.8) is 0 Å². The highest BCUT2D eigenvalue weighted by atomic mass is 35.5. The minimum atomic E-state index is -0.941. The number of hydrogen-bond acceptors (Lipinski definition) is 3. The van der Waals surface area contributed by atoms with Crippen LogP contribution in [0.5, 0.6) is 0 Å². The minimum Gasteiger partial charge on any atom is -0.478 e. The van der Waals surface area contributed by atoms with Gasteiger partial charge in [-0.15, -0.1) is 0 Å². The van der Waals surface area contributed by atoms with Crippen LogP contribution < -0.4 is 0 Å². The Hall–Kier alpha value is -3.15. The molecular formula is C28H27ClN2O3. The molecule has 174 valence electrons. The second kappa shape index (κ2) is 9.24. The van der Waals surface area contributed by atoms with Crippen molar-refractivity contribution in [3.8, 4) is 5.69 Å². The van der Waals surface area contributed by atoms with E-state index in [1.807, 2.05) is 59.3 Å². The third-order valence-electron chi connectivity index (χ3n) is 7.06. The van der Waals surface area contributed by atoms with Gasteiger partial charge in [0.2, 0.25) is 0 Å². The number of ether oxygens (including phenoxy) is 1. The molecular weight excluding hydrogens is 448 g/mol. The van der Waals surface area contributed by atoms with Crippen LogP contribution in [-0.4, -0.2) is 28.0 Å².